The Balaban J connectivity index is 1.50. The molecule has 1 aromatic heterocycles. The third kappa shape index (κ3) is 9.83. The third-order valence-electron chi connectivity index (χ3n) is 8.41. The monoisotopic (exact) mass is 630 g/mol. The number of carbonyl (C=O) groups is 3. The van der Waals surface area contributed by atoms with E-state index >= 15 is 0 Å². The molecule has 240 valence electrons. The van der Waals surface area contributed by atoms with Gasteiger partial charge in [-0.15, -0.1) is 0 Å². The standard InChI is InChI=1S/C36H46N4O4S/c1-5-25(2)33(39-34(41)18-17-29-21-27-12-7-9-16-31(27)37-29)23-40(22-28-14-10-13-26-11-6-8-15-30(26)28)24-35(42)38-32(19-20-45-4)36(43)44-3/h6-16,21,25,32-33,37H,5,17-20,22-24H2,1-4H3,(H,38,42)(H,39,41). The number of aryl methyl sites for hydroxylation is 1. The molecule has 0 bridgehead atoms. The molecule has 0 radical (unpaired) electrons. The van der Waals surface area contributed by atoms with Crippen LogP contribution in [0, 0.1) is 5.92 Å². The van der Waals surface area contributed by atoms with Crippen molar-refractivity contribution in [2.75, 3.05) is 32.2 Å². The lowest BCUT2D eigenvalue weighted by Gasteiger charge is -2.32. The number of rotatable bonds is 17. The van der Waals surface area contributed by atoms with Gasteiger partial charge in [0, 0.05) is 36.8 Å². The third-order valence-corrected chi connectivity index (χ3v) is 9.06. The summed E-state index contributed by atoms with van der Waals surface area (Å²) in [5, 5.41) is 9.59. The van der Waals surface area contributed by atoms with Crippen molar-refractivity contribution in [2.45, 2.75) is 58.2 Å². The molecule has 0 aliphatic carbocycles. The highest BCUT2D eigenvalue weighted by molar-refractivity contribution is 7.98. The van der Waals surface area contributed by atoms with Crippen molar-refractivity contribution in [3.8, 4) is 0 Å². The van der Waals surface area contributed by atoms with Gasteiger partial charge in [-0.2, -0.15) is 11.8 Å². The second kappa shape index (κ2) is 17.0. The minimum absolute atomic E-state index is 0.0173. The van der Waals surface area contributed by atoms with Gasteiger partial charge in [-0.1, -0.05) is 80.9 Å². The number of thioether (sulfide) groups is 1. The quantitative estimate of drug-likeness (QED) is 0.129. The molecule has 3 atom stereocenters. The summed E-state index contributed by atoms with van der Waals surface area (Å²) in [5.74, 6) is 0.193. The fourth-order valence-corrected chi connectivity index (χ4v) is 6.12. The summed E-state index contributed by atoms with van der Waals surface area (Å²) in [4.78, 5) is 44.6. The number of H-pyrrole nitrogens is 1. The molecule has 1 heterocycles. The van der Waals surface area contributed by atoms with Gasteiger partial charge in [0.2, 0.25) is 11.8 Å². The van der Waals surface area contributed by atoms with E-state index in [1.807, 2.05) is 42.7 Å². The van der Waals surface area contributed by atoms with E-state index in [2.05, 4.69) is 70.8 Å². The summed E-state index contributed by atoms with van der Waals surface area (Å²) < 4.78 is 4.96. The van der Waals surface area contributed by atoms with Crippen molar-refractivity contribution in [1.82, 2.24) is 20.5 Å². The van der Waals surface area contributed by atoms with Gasteiger partial charge in [0.05, 0.1) is 13.7 Å². The van der Waals surface area contributed by atoms with Gasteiger partial charge in [-0.05, 0) is 64.6 Å². The van der Waals surface area contributed by atoms with Crippen molar-refractivity contribution in [1.29, 1.82) is 0 Å². The fraction of sp³-hybridized carbons (Fsp3) is 0.417. The van der Waals surface area contributed by atoms with Gasteiger partial charge in [0.25, 0.3) is 0 Å². The molecule has 0 fully saturated rings. The highest BCUT2D eigenvalue weighted by atomic mass is 32.2. The summed E-state index contributed by atoms with van der Waals surface area (Å²) in [6.45, 7) is 5.32. The van der Waals surface area contributed by atoms with Crippen LogP contribution in [0.5, 0.6) is 0 Å². The Kier molecular flexibility index (Phi) is 12.9. The largest absolute Gasteiger partial charge is 0.467 e. The van der Waals surface area contributed by atoms with Gasteiger partial charge in [0.1, 0.15) is 6.04 Å². The Morgan fingerprint density at radius 2 is 1.69 bits per heavy atom. The number of hydrogen-bond donors (Lipinski definition) is 3. The normalized spacial score (nSPS) is 13.4. The lowest BCUT2D eigenvalue weighted by Crippen LogP contribution is -2.51. The van der Waals surface area contributed by atoms with E-state index in [1.54, 1.807) is 11.8 Å². The predicted molar refractivity (Wildman–Crippen MR) is 184 cm³/mol. The molecule has 45 heavy (non-hydrogen) atoms. The lowest BCUT2D eigenvalue weighted by molar-refractivity contribution is -0.145. The van der Waals surface area contributed by atoms with E-state index in [0.717, 1.165) is 45.1 Å². The summed E-state index contributed by atoms with van der Waals surface area (Å²) in [7, 11) is 1.34. The predicted octanol–water partition coefficient (Wildman–Crippen LogP) is 5.70. The van der Waals surface area contributed by atoms with E-state index in [1.165, 1.54) is 7.11 Å². The molecule has 3 aromatic carbocycles. The number of fused-ring (bicyclic) bond motifs is 2. The molecular formula is C36H46N4O4S. The summed E-state index contributed by atoms with van der Waals surface area (Å²) in [6, 6.07) is 23.7. The van der Waals surface area contributed by atoms with Crippen LogP contribution in [0.3, 0.4) is 0 Å². The van der Waals surface area contributed by atoms with Gasteiger partial charge in [-0.3, -0.25) is 14.5 Å². The molecule has 3 N–H and O–H groups in total. The zero-order chi connectivity index (χ0) is 32.2. The van der Waals surface area contributed by atoms with Gasteiger partial charge in [-0.25, -0.2) is 4.79 Å². The molecule has 0 aliphatic rings. The number of carbonyl (C=O) groups excluding carboxylic acids is 3. The average Bonchev–Trinajstić information content (AvgIpc) is 3.48. The first-order valence-electron chi connectivity index (χ1n) is 15.7. The Hall–Kier alpha value is -3.82. The molecule has 0 aliphatic heterocycles. The number of nitrogens with one attached hydrogen (secondary N) is 3. The lowest BCUT2D eigenvalue weighted by atomic mass is 9.97. The number of nitrogens with zero attached hydrogens (tertiary/aromatic N) is 1. The van der Waals surface area contributed by atoms with E-state index < -0.39 is 12.0 Å². The molecule has 2 amide bonds. The van der Waals surface area contributed by atoms with Crippen molar-refractivity contribution in [3.05, 3.63) is 84.1 Å². The second-order valence-electron chi connectivity index (χ2n) is 11.7. The number of aromatic amines is 1. The topological polar surface area (TPSA) is 104 Å². The molecule has 0 saturated heterocycles. The highest BCUT2D eigenvalue weighted by Gasteiger charge is 2.26. The Morgan fingerprint density at radius 3 is 2.42 bits per heavy atom. The minimum Gasteiger partial charge on any atom is -0.467 e. The van der Waals surface area contributed by atoms with Gasteiger partial charge in [0.15, 0.2) is 0 Å². The minimum atomic E-state index is -0.705. The van der Waals surface area contributed by atoms with Crippen LogP contribution in [0.15, 0.2) is 72.8 Å². The Labute approximate surface area is 270 Å². The smallest absolute Gasteiger partial charge is 0.328 e. The van der Waals surface area contributed by atoms with Crippen molar-refractivity contribution in [2.24, 2.45) is 5.92 Å². The molecule has 0 spiro atoms. The average molecular weight is 631 g/mol. The van der Waals surface area contributed by atoms with E-state index in [4.69, 9.17) is 4.74 Å². The van der Waals surface area contributed by atoms with Gasteiger partial charge < -0.3 is 20.4 Å². The van der Waals surface area contributed by atoms with Crippen molar-refractivity contribution < 1.29 is 19.1 Å². The number of amides is 2. The SMILES string of the molecule is CCC(C)C(CN(CC(=O)NC(CCSC)C(=O)OC)Cc1cccc2ccccc12)NC(=O)CCc1cc2ccccc2[nH]1. The molecule has 3 unspecified atom stereocenters. The van der Waals surface area contributed by atoms with Crippen molar-refractivity contribution >= 4 is 51.2 Å². The van der Waals surface area contributed by atoms with E-state index in [9.17, 15) is 14.4 Å². The van der Waals surface area contributed by atoms with Crippen LogP contribution in [0.4, 0.5) is 0 Å². The number of para-hydroxylation sites is 1. The number of hydrogen-bond acceptors (Lipinski definition) is 6. The zero-order valence-electron chi connectivity index (χ0n) is 26.8. The first kappa shape index (κ1) is 34.1. The molecule has 0 saturated carbocycles. The Morgan fingerprint density at radius 1 is 0.956 bits per heavy atom. The highest BCUT2D eigenvalue weighted by Crippen LogP contribution is 2.21. The van der Waals surface area contributed by atoms with Crippen LogP contribution in [0.1, 0.15) is 44.4 Å². The van der Waals surface area contributed by atoms with Crippen LogP contribution >= 0.6 is 11.8 Å². The first-order chi connectivity index (χ1) is 21.8. The number of aromatic nitrogens is 1. The summed E-state index contributed by atoms with van der Waals surface area (Å²) in [6.07, 6.45) is 4.30. The van der Waals surface area contributed by atoms with Crippen LogP contribution in [0.25, 0.3) is 21.7 Å². The van der Waals surface area contributed by atoms with Gasteiger partial charge >= 0.3 is 5.97 Å². The fourth-order valence-electron chi connectivity index (χ4n) is 5.65. The van der Waals surface area contributed by atoms with Crippen molar-refractivity contribution in [3.63, 3.8) is 0 Å². The molecule has 8 nitrogen and oxygen atoms in total. The number of benzene rings is 3. The number of ether oxygens (including phenoxy) is 1. The van der Waals surface area contributed by atoms with Crippen LogP contribution in [0.2, 0.25) is 0 Å². The van der Waals surface area contributed by atoms with E-state index in [0.29, 0.717) is 32.4 Å². The first-order valence-corrected chi connectivity index (χ1v) is 17.1. The number of methoxy groups -OCH3 is 1. The Bertz CT molecular complexity index is 1530. The maximum atomic E-state index is 13.4. The summed E-state index contributed by atoms with van der Waals surface area (Å²) in [5.41, 5.74) is 3.19. The molecule has 4 aromatic rings. The van der Waals surface area contributed by atoms with Crippen LogP contribution in [-0.4, -0.2) is 72.0 Å². The zero-order valence-corrected chi connectivity index (χ0v) is 27.6. The van der Waals surface area contributed by atoms with Crippen LogP contribution in [-0.2, 0) is 32.1 Å². The van der Waals surface area contributed by atoms with E-state index in [-0.39, 0.29) is 30.3 Å². The molecular weight excluding hydrogens is 584 g/mol. The summed E-state index contributed by atoms with van der Waals surface area (Å²) >= 11 is 1.61. The maximum absolute atomic E-state index is 13.4. The second-order valence-corrected chi connectivity index (χ2v) is 12.7. The molecule has 4 rings (SSSR count). The number of esters is 1. The van der Waals surface area contributed by atoms with Crippen LogP contribution < -0.4 is 10.6 Å². The molecule has 9 heteroatoms. The maximum Gasteiger partial charge on any atom is 0.328 e.